The van der Waals surface area contributed by atoms with E-state index < -0.39 is 0 Å². The fraction of sp³-hybridized carbons (Fsp3) is 0.611. The van der Waals surface area contributed by atoms with Crippen molar-refractivity contribution in [3.63, 3.8) is 0 Å². The van der Waals surface area contributed by atoms with Crippen molar-refractivity contribution in [1.29, 1.82) is 0 Å². The van der Waals surface area contributed by atoms with E-state index in [0.29, 0.717) is 26.1 Å². The van der Waals surface area contributed by atoms with Crippen molar-refractivity contribution in [2.24, 2.45) is 5.92 Å². The number of likely N-dealkylation sites (tertiary alicyclic amines) is 1. The zero-order valence-electron chi connectivity index (χ0n) is 15.2. The maximum atomic E-state index is 12.6. The van der Waals surface area contributed by atoms with Crippen LogP contribution in [-0.4, -0.2) is 72.3 Å². The summed E-state index contributed by atoms with van der Waals surface area (Å²) in [6.45, 7) is 4.59. The van der Waals surface area contributed by atoms with Crippen LogP contribution < -0.4 is 0 Å². The van der Waals surface area contributed by atoms with Crippen LogP contribution in [0.3, 0.4) is 0 Å². The molecule has 2 rings (SSSR count). The monoisotopic (exact) mass is 332 g/mol. The lowest BCUT2D eigenvalue weighted by Crippen LogP contribution is -2.36. The summed E-state index contributed by atoms with van der Waals surface area (Å²) in [5, 5.41) is 0. The van der Waals surface area contributed by atoms with Crippen molar-refractivity contribution < 1.29 is 9.59 Å². The number of hydrogen-bond acceptors (Lipinski definition) is 4. The van der Waals surface area contributed by atoms with Gasteiger partial charge in [-0.1, -0.05) is 13.0 Å². The normalized spacial score (nSPS) is 17.6. The van der Waals surface area contributed by atoms with Crippen molar-refractivity contribution in [3.8, 4) is 0 Å². The highest BCUT2D eigenvalue weighted by atomic mass is 16.2. The number of carbonyl (C=O) groups excluding carboxylic acids is 2. The van der Waals surface area contributed by atoms with Gasteiger partial charge >= 0.3 is 0 Å². The van der Waals surface area contributed by atoms with Crippen LogP contribution in [-0.2, 0) is 22.6 Å². The SMILES string of the molecule is CCc1ccc(CN(C)C(=O)[C@@H]2CC(=O)N(CCN(C)C)C2)nc1. The van der Waals surface area contributed by atoms with Gasteiger partial charge in [0.25, 0.3) is 0 Å². The van der Waals surface area contributed by atoms with Crippen LogP contribution in [0.25, 0.3) is 0 Å². The predicted octanol–water partition coefficient (Wildman–Crippen LogP) is 1.01. The van der Waals surface area contributed by atoms with Crippen molar-refractivity contribution in [3.05, 3.63) is 29.6 Å². The molecule has 0 N–H and O–H groups in total. The van der Waals surface area contributed by atoms with Crippen molar-refractivity contribution in [1.82, 2.24) is 19.7 Å². The van der Waals surface area contributed by atoms with Gasteiger partial charge in [0.15, 0.2) is 0 Å². The first-order valence-corrected chi connectivity index (χ1v) is 8.52. The van der Waals surface area contributed by atoms with Gasteiger partial charge in [-0.3, -0.25) is 14.6 Å². The van der Waals surface area contributed by atoms with Gasteiger partial charge in [0.2, 0.25) is 11.8 Å². The third-order valence-electron chi connectivity index (χ3n) is 4.45. The molecule has 0 radical (unpaired) electrons. The molecule has 6 heteroatoms. The average Bonchev–Trinajstić information content (AvgIpc) is 2.93. The molecule has 1 fully saturated rings. The van der Waals surface area contributed by atoms with Crippen LogP contribution in [0.15, 0.2) is 18.3 Å². The fourth-order valence-electron chi connectivity index (χ4n) is 2.86. The summed E-state index contributed by atoms with van der Waals surface area (Å²) < 4.78 is 0. The molecule has 6 nitrogen and oxygen atoms in total. The molecule has 1 atom stereocenters. The quantitative estimate of drug-likeness (QED) is 0.748. The zero-order chi connectivity index (χ0) is 17.7. The van der Waals surface area contributed by atoms with Crippen LogP contribution in [0.2, 0.25) is 0 Å². The van der Waals surface area contributed by atoms with Crippen molar-refractivity contribution in [2.45, 2.75) is 26.3 Å². The largest absolute Gasteiger partial charge is 0.341 e. The molecular weight excluding hydrogens is 304 g/mol. The zero-order valence-corrected chi connectivity index (χ0v) is 15.2. The molecule has 2 amide bonds. The second-order valence-electron chi connectivity index (χ2n) is 6.75. The number of pyridine rings is 1. The lowest BCUT2D eigenvalue weighted by molar-refractivity contribution is -0.135. The molecule has 0 aromatic carbocycles. The number of hydrogen-bond donors (Lipinski definition) is 0. The number of amides is 2. The minimum Gasteiger partial charge on any atom is -0.341 e. The van der Waals surface area contributed by atoms with E-state index in [9.17, 15) is 9.59 Å². The molecule has 0 bridgehead atoms. The molecule has 1 aromatic rings. The fourth-order valence-corrected chi connectivity index (χ4v) is 2.86. The topological polar surface area (TPSA) is 56.8 Å². The lowest BCUT2D eigenvalue weighted by Gasteiger charge is -2.22. The number of rotatable bonds is 7. The van der Waals surface area contributed by atoms with E-state index in [1.165, 1.54) is 5.56 Å². The third kappa shape index (κ3) is 4.77. The smallest absolute Gasteiger partial charge is 0.228 e. The molecule has 132 valence electrons. The van der Waals surface area contributed by atoms with E-state index in [-0.39, 0.29) is 17.7 Å². The highest BCUT2D eigenvalue weighted by molar-refractivity contribution is 5.89. The minimum atomic E-state index is -0.237. The maximum Gasteiger partial charge on any atom is 0.228 e. The molecular formula is C18H28N4O2. The number of carbonyl (C=O) groups is 2. The molecule has 1 aliphatic rings. The summed E-state index contributed by atoms with van der Waals surface area (Å²) in [5.74, 6) is -0.134. The van der Waals surface area contributed by atoms with Crippen LogP contribution in [0.1, 0.15) is 24.6 Å². The first kappa shape index (κ1) is 18.4. The Hall–Kier alpha value is -1.95. The Labute approximate surface area is 144 Å². The Kier molecular flexibility index (Phi) is 6.31. The Morgan fingerprint density at radius 2 is 2.08 bits per heavy atom. The summed E-state index contributed by atoms with van der Waals surface area (Å²) in [4.78, 5) is 34.6. The summed E-state index contributed by atoms with van der Waals surface area (Å²) in [6, 6.07) is 4.01. The van der Waals surface area contributed by atoms with Crippen molar-refractivity contribution >= 4 is 11.8 Å². The lowest BCUT2D eigenvalue weighted by atomic mass is 10.1. The van der Waals surface area contributed by atoms with Gasteiger partial charge in [-0.05, 0) is 32.1 Å². The maximum absolute atomic E-state index is 12.6. The Balaban J connectivity index is 1.89. The first-order chi connectivity index (χ1) is 11.4. The van der Waals surface area contributed by atoms with Gasteiger partial charge < -0.3 is 14.7 Å². The molecule has 1 aromatic heterocycles. The van der Waals surface area contributed by atoms with Gasteiger partial charge in [0, 0.05) is 39.3 Å². The molecule has 2 heterocycles. The van der Waals surface area contributed by atoms with E-state index in [4.69, 9.17) is 0 Å². The Morgan fingerprint density at radius 3 is 2.67 bits per heavy atom. The molecule has 0 spiro atoms. The standard InChI is InChI=1S/C18H28N4O2/c1-5-14-6-7-16(19-11-14)13-21(4)18(24)15-10-17(23)22(12-15)9-8-20(2)3/h6-7,11,15H,5,8-10,12-13H2,1-4H3/t15-/m1/s1. The average molecular weight is 332 g/mol. The molecule has 1 saturated heterocycles. The van der Waals surface area contributed by atoms with E-state index >= 15 is 0 Å². The molecule has 1 aliphatic heterocycles. The van der Waals surface area contributed by atoms with Crippen molar-refractivity contribution in [2.75, 3.05) is 40.8 Å². The van der Waals surface area contributed by atoms with Crippen LogP contribution >= 0.6 is 0 Å². The predicted molar refractivity (Wildman–Crippen MR) is 93.3 cm³/mol. The van der Waals surface area contributed by atoms with Gasteiger partial charge in [-0.25, -0.2) is 0 Å². The van der Waals surface area contributed by atoms with Gasteiger partial charge in [-0.2, -0.15) is 0 Å². The molecule has 0 aliphatic carbocycles. The highest BCUT2D eigenvalue weighted by Crippen LogP contribution is 2.20. The summed E-state index contributed by atoms with van der Waals surface area (Å²) in [6.07, 6.45) is 3.13. The second-order valence-corrected chi connectivity index (χ2v) is 6.75. The number of likely N-dealkylation sites (N-methyl/N-ethyl adjacent to an activating group) is 1. The molecule has 0 unspecified atom stereocenters. The number of aromatic nitrogens is 1. The van der Waals surface area contributed by atoms with Gasteiger partial charge in [-0.15, -0.1) is 0 Å². The van der Waals surface area contributed by atoms with E-state index in [1.807, 2.05) is 37.3 Å². The van der Waals surface area contributed by atoms with Crippen LogP contribution in [0.5, 0.6) is 0 Å². The summed E-state index contributed by atoms with van der Waals surface area (Å²) >= 11 is 0. The van der Waals surface area contributed by atoms with Crippen LogP contribution in [0, 0.1) is 5.92 Å². The Bertz CT molecular complexity index is 571. The third-order valence-corrected chi connectivity index (χ3v) is 4.45. The Morgan fingerprint density at radius 1 is 1.33 bits per heavy atom. The molecule has 24 heavy (non-hydrogen) atoms. The van der Waals surface area contributed by atoms with E-state index in [2.05, 4.69) is 11.9 Å². The summed E-state index contributed by atoms with van der Waals surface area (Å²) in [7, 11) is 5.74. The highest BCUT2D eigenvalue weighted by Gasteiger charge is 2.35. The second kappa shape index (κ2) is 8.24. The van der Waals surface area contributed by atoms with Crippen LogP contribution in [0.4, 0.5) is 0 Å². The number of aryl methyl sites for hydroxylation is 1. The number of nitrogens with zero attached hydrogens (tertiary/aromatic N) is 4. The van der Waals surface area contributed by atoms with E-state index in [0.717, 1.165) is 18.7 Å². The summed E-state index contributed by atoms with van der Waals surface area (Å²) in [5.41, 5.74) is 2.06. The minimum absolute atomic E-state index is 0.0251. The van der Waals surface area contributed by atoms with Gasteiger partial charge in [0.05, 0.1) is 18.2 Å². The van der Waals surface area contributed by atoms with Gasteiger partial charge in [0.1, 0.15) is 0 Å². The first-order valence-electron chi connectivity index (χ1n) is 8.52. The molecule has 0 saturated carbocycles. The van der Waals surface area contributed by atoms with E-state index in [1.54, 1.807) is 16.8 Å².